The minimum atomic E-state index is -0.212. The zero-order chi connectivity index (χ0) is 17.9. The highest BCUT2D eigenvalue weighted by atomic mass is 32.1. The molecular weight excluding hydrogens is 350 g/mol. The van der Waals surface area contributed by atoms with Gasteiger partial charge < -0.3 is 19.8 Å². The van der Waals surface area contributed by atoms with E-state index in [1.807, 2.05) is 48.5 Å². The summed E-state index contributed by atoms with van der Waals surface area (Å²) in [5, 5.41) is 2.92. The summed E-state index contributed by atoms with van der Waals surface area (Å²) in [6.45, 7) is 1.46. The summed E-state index contributed by atoms with van der Waals surface area (Å²) in [6, 6.07) is 15.2. The monoisotopic (exact) mass is 367 g/mol. The maximum Gasteiger partial charge on any atom is 0.270 e. The van der Waals surface area contributed by atoms with Crippen LogP contribution in [0.15, 0.2) is 54.7 Å². The van der Waals surface area contributed by atoms with E-state index in [0.717, 1.165) is 17.0 Å². The number of para-hydroxylation sites is 1. The summed E-state index contributed by atoms with van der Waals surface area (Å²) in [5.41, 5.74) is 2.23. The van der Waals surface area contributed by atoms with Gasteiger partial charge in [-0.1, -0.05) is 24.3 Å². The Morgan fingerprint density at radius 1 is 1.12 bits per heavy atom. The number of hydrogen-bond donors (Lipinski definition) is 2. The third-order valence-corrected chi connectivity index (χ3v) is 4.38. The summed E-state index contributed by atoms with van der Waals surface area (Å²) in [7, 11) is 0. The van der Waals surface area contributed by atoms with Crippen LogP contribution in [-0.2, 0) is 6.54 Å². The number of fused-ring (bicyclic) bond motifs is 1. The highest BCUT2D eigenvalue weighted by Crippen LogP contribution is 2.30. The normalized spacial score (nSPS) is 12.6. The molecule has 0 unspecified atom stereocenters. The molecule has 0 saturated carbocycles. The maximum atomic E-state index is 12.7. The lowest BCUT2D eigenvalue weighted by molar-refractivity contribution is 0.0944. The SMILES string of the molecule is O=C(NCc1ccc2c(c1)OCCO2)c1c[nH]c(=S)n1-c1ccccc1. The Labute approximate surface area is 155 Å². The molecule has 7 heteroatoms. The quantitative estimate of drug-likeness (QED) is 0.695. The Kier molecular flexibility index (Phi) is 4.45. The van der Waals surface area contributed by atoms with Crippen molar-refractivity contribution in [1.82, 2.24) is 14.9 Å². The van der Waals surface area contributed by atoms with Crippen LogP contribution in [-0.4, -0.2) is 28.7 Å². The molecule has 1 aliphatic rings. The van der Waals surface area contributed by atoms with Crippen LogP contribution in [0.3, 0.4) is 0 Å². The number of imidazole rings is 1. The van der Waals surface area contributed by atoms with E-state index in [-0.39, 0.29) is 5.91 Å². The fourth-order valence-corrected chi connectivity index (χ4v) is 3.10. The van der Waals surface area contributed by atoms with Gasteiger partial charge in [-0.15, -0.1) is 0 Å². The number of aromatic amines is 1. The van der Waals surface area contributed by atoms with E-state index in [1.165, 1.54) is 0 Å². The number of carbonyl (C=O) groups is 1. The smallest absolute Gasteiger partial charge is 0.270 e. The lowest BCUT2D eigenvalue weighted by Crippen LogP contribution is -2.25. The minimum Gasteiger partial charge on any atom is -0.486 e. The van der Waals surface area contributed by atoms with Gasteiger partial charge in [0.15, 0.2) is 16.3 Å². The number of aromatic nitrogens is 2. The van der Waals surface area contributed by atoms with Crippen molar-refractivity contribution in [3.8, 4) is 17.2 Å². The number of ether oxygens (including phenoxy) is 2. The van der Waals surface area contributed by atoms with Gasteiger partial charge in [-0.05, 0) is 42.0 Å². The molecule has 0 fully saturated rings. The molecule has 2 aromatic carbocycles. The molecule has 0 atom stereocenters. The van der Waals surface area contributed by atoms with Crippen LogP contribution in [0.1, 0.15) is 16.1 Å². The molecule has 0 saturated heterocycles. The molecule has 4 rings (SSSR count). The number of nitrogens with one attached hydrogen (secondary N) is 2. The van der Waals surface area contributed by atoms with Gasteiger partial charge in [-0.2, -0.15) is 0 Å². The number of benzene rings is 2. The standard InChI is InChI=1S/C19H17N3O3S/c23-18(15-12-21-19(26)22(15)14-4-2-1-3-5-14)20-11-13-6-7-16-17(10-13)25-9-8-24-16/h1-7,10,12H,8-9,11H2,(H,20,23)(H,21,26). The van der Waals surface area contributed by atoms with Crippen molar-refractivity contribution in [2.45, 2.75) is 6.54 Å². The third-order valence-electron chi connectivity index (χ3n) is 4.08. The van der Waals surface area contributed by atoms with Crippen LogP contribution >= 0.6 is 12.2 Å². The summed E-state index contributed by atoms with van der Waals surface area (Å²) in [4.78, 5) is 15.6. The van der Waals surface area contributed by atoms with Crippen molar-refractivity contribution < 1.29 is 14.3 Å². The Balaban J connectivity index is 1.52. The molecule has 2 N–H and O–H groups in total. The lowest BCUT2D eigenvalue weighted by atomic mass is 10.2. The first-order valence-corrected chi connectivity index (χ1v) is 8.66. The summed E-state index contributed by atoms with van der Waals surface area (Å²) in [6.07, 6.45) is 1.62. The molecule has 3 aromatic rings. The topological polar surface area (TPSA) is 68.3 Å². The number of carbonyl (C=O) groups excluding carboxylic acids is 1. The zero-order valence-electron chi connectivity index (χ0n) is 13.9. The van der Waals surface area contributed by atoms with Crippen LogP contribution in [0.5, 0.6) is 11.5 Å². The molecule has 0 radical (unpaired) electrons. The van der Waals surface area contributed by atoms with E-state index >= 15 is 0 Å². The van der Waals surface area contributed by atoms with Gasteiger partial charge in [0, 0.05) is 18.4 Å². The average Bonchev–Trinajstić information content (AvgIpc) is 3.08. The first-order chi connectivity index (χ1) is 12.7. The summed E-state index contributed by atoms with van der Waals surface area (Å²) < 4.78 is 13.3. The number of hydrogen-bond acceptors (Lipinski definition) is 4. The van der Waals surface area contributed by atoms with Gasteiger partial charge in [0.1, 0.15) is 18.9 Å². The van der Waals surface area contributed by atoms with Crippen LogP contribution < -0.4 is 14.8 Å². The molecule has 1 amide bonds. The van der Waals surface area contributed by atoms with Crippen molar-refractivity contribution in [1.29, 1.82) is 0 Å². The maximum absolute atomic E-state index is 12.7. The number of nitrogens with zero attached hydrogens (tertiary/aromatic N) is 1. The van der Waals surface area contributed by atoms with Gasteiger partial charge in [0.2, 0.25) is 0 Å². The van der Waals surface area contributed by atoms with Crippen LogP contribution in [0.4, 0.5) is 0 Å². The molecule has 0 spiro atoms. The zero-order valence-corrected chi connectivity index (χ0v) is 14.7. The highest BCUT2D eigenvalue weighted by molar-refractivity contribution is 7.71. The van der Waals surface area contributed by atoms with Crippen LogP contribution in [0.25, 0.3) is 5.69 Å². The average molecular weight is 367 g/mol. The highest BCUT2D eigenvalue weighted by Gasteiger charge is 2.15. The molecule has 6 nitrogen and oxygen atoms in total. The second-order valence-electron chi connectivity index (χ2n) is 5.81. The number of H-pyrrole nitrogens is 1. The Morgan fingerprint density at radius 3 is 2.69 bits per heavy atom. The number of amides is 1. The first-order valence-electron chi connectivity index (χ1n) is 8.25. The lowest BCUT2D eigenvalue weighted by Gasteiger charge is -2.19. The fourth-order valence-electron chi connectivity index (χ4n) is 2.84. The van der Waals surface area contributed by atoms with E-state index in [4.69, 9.17) is 21.7 Å². The summed E-state index contributed by atoms with van der Waals surface area (Å²) in [5.74, 6) is 1.22. The Hall–Kier alpha value is -3.06. The van der Waals surface area contributed by atoms with Crippen LogP contribution in [0.2, 0.25) is 0 Å². The molecule has 132 valence electrons. The number of rotatable bonds is 4. The molecule has 1 aliphatic heterocycles. The van der Waals surface area contributed by atoms with E-state index in [1.54, 1.807) is 10.8 Å². The van der Waals surface area contributed by atoms with Crippen LogP contribution in [0, 0.1) is 4.77 Å². The molecule has 1 aromatic heterocycles. The third kappa shape index (κ3) is 3.21. The van der Waals surface area contributed by atoms with Gasteiger partial charge in [0.05, 0.1) is 0 Å². The largest absolute Gasteiger partial charge is 0.486 e. The molecule has 26 heavy (non-hydrogen) atoms. The Bertz CT molecular complexity index is 995. The summed E-state index contributed by atoms with van der Waals surface area (Å²) >= 11 is 5.32. The van der Waals surface area contributed by atoms with Gasteiger partial charge in [-0.25, -0.2) is 0 Å². The van der Waals surface area contributed by atoms with E-state index < -0.39 is 0 Å². The van der Waals surface area contributed by atoms with E-state index in [0.29, 0.717) is 36.0 Å². The Morgan fingerprint density at radius 2 is 1.88 bits per heavy atom. The molecular formula is C19H17N3O3S. The van der Waals surface area contributed by atoms with Crippen molar-refractivity contribution in [2.24, 2.45) is 0 Å². The van der Waals surface area contributed by atoms with Gasteiger partial charge in [-0.3, -0.25) is 9.36 Å². The molecule has 0 aliphatic carbocycles. The minimum absolute atomic E-state index is 0.212. The van der Waals surface area contributed by atoms with Crippen molar-refractivity contribution in [3.05, 3.63) is 70.8 Å². The van der Waals surface area contributed by atoms with Crippen molar-refractivity contribution >= 4 is 18.1 Å². The van der Waals surface area contributed by atoms with E-state index in [2.05, 4.69) is 10.3 Å². The molecule has 2 heterocycles. The van der Waals surface area contributed by atoms with Gasteiger partial charge >= 0.3 is 0 Å². The predicted octanol–water partition coefficient (Wildman–Crippen LogP) is 3.24. The second kappa shape index (κ2) is 7.05. The molecule has 0 bridgehead atoms. The van der Waals surface area contributed by atoms with E-state index in [9.17, 15) is 4.79 Å². The van der Waals surface area contributed by atoms with Crippen molar-refractivity contribution in [2.75, 3.05) is 13.2 Å². The second-order valence-corrected chi connectivity index (χ2v) is 6.20. The van der Waals surface area contributed by atoms with Crippen molar-refractivity contribution in [3.63, 3.8) is 0 Å². The van der Waals surface area contributed by atoms with Gasteiger partial charge in [0.25, 0.3) is 5.91 Å². The predicted molar refractivity (Wildman–Crippen MR) is 99.6 cm³/mol. The first kappa shape index (κ1) is 16.4. The fraction of sp³-hybridized carbons (Fsp3) is 0.158.